The van der Waals surface area contributed by atoms with Crippen molar-refractivity contribution in [2.45, 2.75) is 17.8 Å². The number of aromatic nitrogens is 2. The van der Waals surface area contributed by atoms with Crippen molar-refractivity contribution < 1.29 is 9.18 Å². The predicted molar refractivity (Wildman–Crippen MR) is 105 cm³/mol. The molecule has 2 aromatic carbocycles. The molecule has 1 heterocycles. The lowest BCUT2D eigenvalue weighted by Crippen LogP contribution is -2.16. The van der Waals surface area contributed by atoms with Crippen molar-refractivity contribution in [1.29, 1.82) is 0 Å². The Kier molecular flexibility index (Phi) is 6.00. The zero-order chi connectivity index (χ0) is 18.5. The molecule has 0 aliphatic heterocycles. The molecular weight excluding hydrogens is 417 g/mol. The van der Waals surface area contributed by atoms with E-state index in [-0.39, 0.29) is 11.4 Å². The highest BCUT2D eigenvalue weighted by atomic mass is 79.9. The fraction of sp³-hybridized carbons (Fsp3) is 0.105. The number of amides is 1. The second-order valence-electron chi connectivity index (χ2n) is 5.56. The first-order chi connectivity index (χ1) is 12.5. The zero-order valence-corrected chi connectivity index (χ0v) is 16.3. The first kappa shape index (κ1) is 18.5. The van der Waals surface area contributed by atoms with Crippen molar-refractivity contribution in [3.05, 3.63) is 81.8 Å². The molecular formula is C19H15BrFN3OS. The van der Waals surface area contributed by atoms with Gasteiger partial charge in [-0.3, -0.25) is 4.79 Å². The molecule has 0 aliphatic rings. The normalized spacial score (nSPS) is 10.6. The summed E-state index contributed by atoms with van der Waals surface area (Å²) < 4.78 is 14.2. The topological polar surface area (TPSA) is 54.9 Å². The largest absolute Gasteiger partial charge is 0.318 e. The molecule has 132 valence electrons. The van der Waals surface area contributed by atoms with E-state index in [0.29, 0.717) is 15.4 Å². The van der Waals surface area contributed by atoms with Gasteiger partial charge in [-0.15, -0.1) is 0 Å². The number of nitrogens with one attached hydrogen (secondary N) is 1. The molecule has 7 heteroatoms. The fourth-order valence-corrected chi connectivity index (χ4v) is 3.30. The summed E-state index contributed by atoms with van der Waals surface area (Å²) in [5.74, 6) is -0.308. The van der Waals surface area contributed by atoms with Crippen LogP contribution in [0.2, 0.25) is 0 Å². The lowest BCUT2D eigenvalue weighted by atomic mass is 10.2. The van der Waals surface area contributed by atoms with E-state index in [1.54, 1.807) is 12.1 Å². The van der Waals surface area contributed by atoms with E-state index in [1.807, 2.05) is 31.2 Å². The quantitative estimate of drug-likeness (QED) is 0.443. The highest BCUT2D eigenvalue weighted by Crippen LogP contribution is 2.23. The lowest BCUT2D eigenvalue weighted by molar-refractivity contribution is 0.102. The summed E-state index contributed by atoms with van der Waals surface area (Å²) >= 11 is 4.71. The number of anilines is 1. The number of hydrogen-bond donors (Lipinski definition) is 1. The molecule has 0 spiro atoms. The van der Waals surface area contributed by atoms with Crippen molar-refractivity contribution in [3.63, 3.8) is 0 Å². The number of thioether (sulfide) groups is 1. The Morgan fingerprint density at radius 2 is 1.92 bits per heavy atom. The Morgan fingerprint density at radius 3 is 2.65 bits per heavy atom. The van der Waals surface area contributed by atoms with Crippen LogP contribution in [0.5, 0.6) is 0 Å². The average molecular weight is 432 g/mol. The number of halogens is 2. The van der Waals surface area contributed by atoms with Gasteiger partial charge in [-0.1, -0.05) is 53.7 Å². The first-order valence-corrected chi connectivity index (χ1v) is 9.57. The standard InChI is InChI=1S/C19H15BrFN3OS/c1-12-6-8-13(9-7-12)11-26-19-22-10-14(20)17(24-19)18(25)23-16-5-3-2-4-15(16)21/h2-10H,11H2,1H3,(H,23,25). The molecule has 1 aromatic heterocycles. The van der Waals surface area contributed by atoms with Gasteiger partial charge in [0, 0.05) is 11.9 Å². The van der Waals surface area contributed by atoms with Gasteiger partial charge in [-0.05, 0) is 40.5 Å². The summed E-state index contributed by atoms with van der Waals surface area (Å²) in [5, 5.41) is 3.01. The number of rotatable bonds is 5. The van der Waals surface area contributed by atoms with E-state index in [0.717, 1.165) is 5.56 Å². The number of nitrogens with zero attached hydrogens (tertiary/aromatic N) is 2. The molecule has 1 N–H and O–H groups in total. The molecule has 0 saturated heterocycles. The molecule has 0 unspecified atom stereocenters. The molecule has 0 aliphatic carbocycles. The van der Waals surface area contributed by atoms with Gasteiger partial charge in [-0.2, -0.15) is 0 Å². The summed E-state index contributed by atoms with van der Waals surface area (Å²) in [4.78, 5) is 21.0. The van der Waals surface area contributed by atoms with Gasteiger partial charge in [0.1, 0.15) is 11.5 Å². The Bertz CT molecular complexity index is 934. The molecule has 3 aromatic rings. The third-order valence-corrected chi connectivity index (χ3v) is 5.06. The molecule has 3 rings (SSSR count). The monoisotopic (exact) mass is 431 g/mol. The van der Waals surface area contributed by atoms with Gasteiger partial charge in [-0.25, -0.2) is 14.4 Å². The van der Waals surface area contributed by atoms with Gasteiger partial charge >= 0.3 is 0 Å². The molecule has 26 heavy (non-hydrogen) atoms. The van der Waals surface area contributed by atoms with Crippen LogP contribution in [0.4, 0.5) is 10.1 Å². The van der Waals surface area contributed by atoms with Gasteiger partial charge in [0.2, 0.25) is 0 Å². The maximum atomic E-state index is 13.7. The highest BCUT2D eigenvalue weighted by Gasteiger charge is 2.16. The van der Waals surface area contributed by atoms with E-state index in [4.69, 9.17) is 0 Å². The van der Waals surface area contributed by atoms with E-state index >= 15 is 0 Å². The van der Waals surface area contributed by atoms with Crippen LogP contribution < -0.4 is 5.32 Å². The van der Waals surface area contributed by atoms with Crippen molar-refractivity contribution >= 4 is 39.3 Å². The van der Waals surface area contributed by atoms with Crippen molar-refractivity contribution in [3.8, 4) is 0 Å². The maximum Gasteiger partial charge on any atom is 0.275 e. The van der Waals surface area contributed by atoms with E-state index < -0.39 is 11.7 Å². The van der Waals surface area contributed by atoms with E-state index in [9.17, 15) is 9.18 Å². The number of carbonyl (C=O) groups is 1. The van der Waals surface area contributed by atoms with Crippen LogP contribution in [0, 0.1) is 12.7 Å². The molecule has 0 fully saturated rings. The van der Waals surface area contributed by atoms with Gasteiger partial charge in [0.15, 0.2) is 5.16 Å². The van der Waals surface area contributed by atoms with Crippen LogP contribution in [-0.2, 0) is 5.75 Å². The van der Waals surface area contributed by atoms with Gasteiger partial charge < -0.3 is 5.32 Å². The van der Waals surface area contributed by atoms with Crippen LogP contribution in [-0.4, -0.2) is 15.9 Å². The molecule has 1 amide bonds. The van der Waals surface area contributed by atoms with E-state index in [1.165, 1.54) is 35.7 Å². The predicted octanol–water partition coefficient (Wildman–Crippen LogP) is 5.23. The van der Waals surface area contributed by atoms with Gasteiger partial charge in [0.25, 0.3) is 5.91 Å². The molecule has 4 nitrogen and oxygen atoms in total. The SMILES string of the molecule is Cc1ccc(CSc2ncc(Br)c(C(=O)Nc3ccccc3F)n2)cc1. The Labute approximate surface area is 163 Å². The minimum Gasteiger partial charge on any atom is -0.318 e. The number of hydrogen-bond acceptors (Lipinski definition) is 4. The van der Waals surface area contributed by atoms with Crippen LogP contribution in [0.1, 0.15) is 21.6 Å². The molecule has 0 radical (unpaired) electrons. The van der Waals surface area contributed by atoms with Crippen LogP contribution in [0.15, 0.2) is 64.4 Å². The summed E-state index contributed by atoms with van der Waals surface area (Å²) in [5.41, 5.74) is 2.61. The minimum atomic E-state index is -0.500. The van der Waals surface area contributed by atoms with Gasteiger partial charge in [0.05, 0.1) is 10.2 Å². The number of benzene rings is 2. The van der Waals surface area contributed by atoms with Crippen LogP contribution in [0.25, 0.3) is 0 Å². The minimum absolute atomic E-state index is 0.108. The maximum absolute atomic E-state index is 13.7. The second-order valence-corrected chi connectivity index (χ2v) is 7.35. The van der Waals surface area contributed by atoms with Crippen molar-refractivity contribution in [1.82, 2.24) is 9.97 Å². The smallest absolute Gasteiger partial charge is 0.275 e. The zero-order valence-electron chi connectivity index (χ0n) is 13.9. The Morgan fingerprint density at radius 1 is 1.19 bits per heavy atom. The summed E-state index contributed by atoms with van der Waals surface area (Å²) in [6.07, 6.45) is 1.53. The third kappa shape index (κ3) is 4.68. The van der Waals surface area contributed by atoms with Crippen LogP contribution >= 0.6 is 27.7 Å². The lowest BCUT2D eigenvalue weighted by Gasteiger charge is -2.08. The number of carbonyl (C=O) groups excluding carboxylic acids is 1. The highest BCUT2D eigenvalue weighted by molar-refractivity contribution is 9.10. The fourth-order valence-electron chi connectivity index (χ4n) is 2.16. The van der Waals surface area contributed by atoms with Crippen LogP contribution in [0.3, 0.4) is 0 Å². The summed E-state index contributed by atoms with van der Waals surface area (Å²) in [7, 11) is 0. The summed E-state index contributed by atoms with van der Waals surface area (Å²) in [6, 6.07) is 14.2. The third-order valence-electron chi connectivity index (χ3n) is 3.55. The van der Waals surface area contributed by atoms with Crippen molar-refractivity contribution in [2.24, 2.45) is 0 Å². The summed E-state index contributed by atoms with van der Waals surface area (Å²) in [6.45, 7) is 2.04. The molecule has 0 bridgehead atoms. The van der Waals surface area contributed by atoms with E-state index in [2.05, 4.69) is 31.2 Å². The van der Waals surface area contributed by atoms with Crippen molar-refractivity contribution in [2.75, 3.05) is 5.32 Å². The average Bonchev–Trinajstić information content (AvgIpc) is 2.64. The number of para-hydroxylation sites is 1. The Hall–Kier alpha value is -2.25. The molecule has 0 atom stereocenters. The second kappa shape index (κ2) is 8.42. The Balaban J connectivity index is 1.73. The number of aryl methyl sites for hydroxylation is 1. The first-order valence-electron chi connectivity index (χ1n) is 7.79. The molecule has 0 saturated carbocycles.